The van der Waals surface area contributed by atoms with E-state index in [2.05, 4.69) is 54.1 Å². The van der Waals surface area contributed by atoms with Crippen LogP contribution in [0.15, 0.2) is 24.4 Å². The van der Waals surface area contributed by atoms with Crippen LogP contribution in [0.5, 0.6) is 0 Å². The van der Waals surface area contributed by atoms with Gasteiger partial charge in [-0.3, -0.25) is 4.68 Å². The normalized spacial score (nSPS) is 12.8. The maximum Gasteiger partial charge on any atom is 0.0841 e. The fourth-order valence-corrected chi connectivity index (χ4v) is 3.12. The van der Waals surface area contributed by atoms with E-state index < -0.39 is 0 Å². The number of nitrogens with one attached hydrogen (secondary N) is 1. The molecule has 0 aromatic carbocycles. The number of rotatable bonds is 6. The summed E-state index contributed by atoms with van der Waals surface area (Å²) in [5.74, 6) is 0. The minimum Gasteiger partial charge on any atom is -0.305 e. The second-order valence-electron chi connectivity index (χ2n) is 4.42. The maximum atomic E-state index is 4.42. The molecule has 18 heavy (non-hydrogen) atoms. The van der Waals surface area contributed by atoms with Crippen LogP contribution in [0.4, 0.5) is 0 Å². The van der Waals surface area contributed by atoms with E-state index in [0.717, 1.165) is 19.5 Å². The first kappa shape index (κ1) is 13.3. The highest BCUT2D eigenvalue weighted by molar-refractivity contribution is 7.12. The Hall–Kier alpha value is -1.13. The van der Waals surface area contributed by atoms with Crippen molar-refractivity contribution in [3.8, 4) is 0 Å². The Bertz CT molecular complexity index is 487. The van der Waals surface area contributed by atoms with Crippen molar-refractivity contribution in [1.82, 2.24) is 15.1 Å². The summed E-state index contributed by atoms with van der Waals surface area (Å²) in [6.45, 7) is 8.42. The predicted molar refractivity (Wildman–Crippen MR) is 77.1 cm³/mol. The summed E-state index contributed by atoms with van der Waals surface area (Å²) < 4.78 is 2.11. The van der Waals surface area contributed by atoms with Crippen LogP contribution >= 0.6 is 11.3 Å². The van der Waals surface area contributed by atoms with Gasteiger partial charge in [0.1, 0.15) is 0 Å². The van der Waals surface area contributed by atoms with E-state index >= 15 is 0 Å². The number of aryl methyl sites for hydroxylation is 2. The van der Waals surface area contributed by atoms with Crippen molar-refractivity contribution >= 4 is 11.3 Å². The summed E-state index contributed by atoms with van der Waals surface area (Å²) in [5, 5.41) is 7.99. The lowest BCUT2D eigenvalue weighted by Crippen LogP contribution is -2.24. The second kappa shape index (κ2) is 6.16. The summed E-state index contributed by atoms with van der Waals surface area (Å²) >= 11 is 1.86. The molecule has 2 rings (SSSR count). The maximum absolute atomic E-state index is 4.42. The summed E-state index contributed by atoms with van der Waals surface area (Å²) in [5.41, 5.74) is 1.26. The van der Waals surface area contributed by atoms with Gasteiger partial charge < -0.3 is 5.32 Å². The highest BCUT2D eigenvalue weighted by atomic mass is 32.1. The summed E-state index contributed by atoms with van der Waals surface area (Å²) in [6.07, 6.45) is 3.01. The molecule has 0 aliphatic rings. The molecule has 0 saturated heterocycles. The van der Waals surface area contributed by atoms with Crippen LogP contribution in [0.2, 0.25) is 0 Å². The van der Waals surface area contributed by atoms with E-state index in [4.69, 9.17) is 0 Å². The molecule has 2 heterocycles. The minimum atomic E-state index is 0.266. The minimum absolute atomic E-state index is 0.266. The molecule has 0 aliphatic carbocycles. The molecule has 1 N–H and O–H groups in total. The molecule has 2 aromatic rings. The SMILES string of the molecule is CCCn1nccc1C(NCC)c1ccc(C)s1. The molecule has 2 aromatic heterocycles. The van der Waals surface area contributed by atoms with Gasteiger partial charge in [0.05, 0.1) is 11.7 Å². The zero-order valence-corrected chi connectivity index (χ0v) is 12.1. The molecular formula is C14H21N3S. The molecule has 3 nitrogen and oxygen atoms in total. The van der Waals surface area contributed by atoms with Gasteiger partial charge in [-0.25, -0.2) is 0 Å². The lowest BCUT2D eigenvalue weighted by molar-refractivity contribution is 0.524. The molecule has 1 atom stereocenters. The van der Waals surface area contributed by atoms with Crippen molar-refractivity contribution in [2.75, 3.05) is 6.54 Å². The van der Waals surface area contributed by atoms with Crippen molar-refractivity contribution in [3.63, 3.8) is 0 Å². The molecule has 0 radical (unpaired) electrons. The zero-order valence-electron chi connectivity index (χ0n) is 11.3. The number of thiophene rings is 1. The van der Waals surface area contributed by atoms with Gasteiger partial charge in [-0.2, -0.15) is 5.10 Å². The van der Waals surface area contributed by atoms with Crippen LogP contribution in [-0.2, 0) is 6.54 Å². The molecule has 98 valence electrons. The van der Waals surface area contributed by atoms with Crippen molar-refractivity contribution in [2.24, 2.45) is 0 Å². The summed E-state index contributed by atoms with van der Waals surface area (Å²) in [4.78, 5) is 2.72. The molecule has 0 bridgehead atoms. The highest BCUT2D eigenvalue weighted by Gasteiger charge is 2.18. The van der Waals surface area contributed by atoms with Gasteiger partial charge in [-0.15, -0.1) is 11.3 Å². The Morgan fingerprint density at radius 2 is 2.17 bits per heavy atom. The third-order valence-corrected chi connectivity index (χ3v) is 4.00. The first-order valence-electron chi connectivity index (χ1n) is 6.57. The number of aromatic nitrogens is 2. The molecule has 4 heteroatoms. The molecule has 0 aliphatic heterocycles. The Balaban J connectivity index is 2.31. The fourth-order valence-electron chi connectivity index (χ4n) is 2.15. The molecule has 0 amide bonds. The van der Waals surface area contributed by atoms with Crippen molar-refractivity contribution in [1.29, 1.82) is 0 Å². The topological polar surface area (TPSA) is 29.9 Å². The number of nitrogens with zero attached hydrogens (tertiary/aromatic N) is 2. The molecule has 0 fully saturated rings. The van der Waals surface area contributed by atoms with Crippen LogP contribution in [-0.4, -0.2) is 16.3 Å². The van der Waals surface area contributed by atoms with E-state index in [1.807, 2.05) is 17.5 Å². The van der Waals surface area contributed by atoms with Gasteiger partial charge in [-0.05, 0) is 38.1 Å². The lowest BCUT2D eigenvalue weighted by Gasteiger charge is -2.18. The molecule has 1 unspecified atom stereocenters. The van der Waals surface area contributed by atoms with Crippen molar-refractivity contribution in [2.45, 2.75) is 39.8 Å². The third kappa shape index (κ3) is 2.82. The molecule has 0 spiro atoms. The largest absolute Gasteiger partial charge is 0.305 e. The van der Waals surface area contributed by atoms with Gasteiger partial charge in [0.25, 0.3) is 0 Å². The highest BCUT2D eigenvalue weighted by Crippen LogP contribution is 2.28. The second-order valence-corrected chi connectivity index (χ2v) is 5.74. The molecular weight excluding hydrogens is 242 g/mol. The van der Waals surface area contributed by atoms with Crippen molar-refractivity contribution < 1.29 is 0 Å². The van der Waals surface area contributed by atoms with Gasteiger partial charge >= 0.3 is 0 Å². The molecule has 0 saturated carbocycles. The zero-order chi connectivity index (χ0) is 13.0. The first-order valence-corrected chi connectivity index (χ1v) is 7.39. The average Bonchev–Trinajstić information content (AvgIpc) is 2.96. The van der Waals surface area contributed by atoms with Gasteiger partial charge in [0.2, 0.25) is 0 Å². The van der Waals surface area contributed by atoms with Crippen molar-refractivity contribution in [3.05, 3.63) is 39.8 Å². The summed E-state index contributed by atoms with van der Waals surface area (Å²) in [7, 11) is 0. The van der Waals surface area contributed by atoms with E-state index in [1.165, 1.54) is 15.4 Å². The van der Waals surface area contributed by atoms with E-state index in [0.29, 0.717) is 0 Å². The van der Waals surface area contributed by atoms with E-state index in [-0.39, 0.29) is 6.04 Å². The number of hydrogen-bond donors (Lipinski definition) is 1. The van der Waals surface area contributed by atoms with E-state index in [1.54, 1.807) is 0 Å². The fraction of sp³-hybridized carbons (Fsp3) is 0.500. The Morgan fingerprint density at radius 1 is 1.33 bits per heavy atom. The van der Waals surface area contributed by atoms with Gasteiger partial charge in [-0.1, -0.05) is 13.8 Å². The predicted octanol–water partition coefficient (Wildman–Crippen LogP) is 3.36. The van der Waals surface area contributed by atoms with Gasteiger partial charge in [0.15, 0.2) is 0 Å². The van der Waals surface area contributed by atoms with E-state index in [9.17, 15) is 0 Å². The van der Waals surface area contributed by atoms with Crippen LogP contribution < -0.4 is 5.32 Å². The number of hydrogen-bond acceptors (Lipinski definition) is 3. The Morgan fingerprint density at radius 3 is 2.78 bits per heavy atom. The first-order chi connectivity index (χ1) is 8.76. The average molecular weight is 263 g/mol. The smallest absolute Gasteiger partial charge is 0.0841 e. The standard InChI is InChI=1S/C14H21N3S/c1-4-10-17-12(8-9-16-17)14(15-5-2)13-7-6-11(3)18-13/h6-9,14-15H,4-5,10H2,1-3H3. The lowest BCUT2D eigenvalue weighted by atomic mass is 10.1. The Labute approximate surface area is 113 Å². The third-order valence-electron chi connectivity index (χ3n) is 2.93. The Kier molecular flexibility index (Phi) is 4.55. The monoisotopic (exact) mass is 263 g/mol. The van der Waals surface area contributed by atoms with Crippen LogP contribution in [0.25, 0.3) is 0 Å². The summed E-state index contributed by atoms with van der Waals surface area (Å²) in [6, 6.07) is 6.79. The quantitative estimate of drug-likeness (QED) is 0.866. The van der Waals surface area contributed by atoms with Crippen LogP contribution in [0, 0.1) is 6.92 Å². The van der Waals surface area contributed by atoms with Crippen LogP contribution in [0.1, 0.15) is 41.8 Å². The van der Waals surface area contributed by atoms with Gasteiger partial charge in [0, 0.05) is 22.5 Å². The van der Waals surface area contributed by atoms with Crippen LogP contribution in [0.3, 0.4) is 0 Å².